The van der Waals surface area contributed by atoms with Crippen LogP contribution >= 0.6 is 0 Å². The molecule has 0 spiro atoms. The number of ether oxygens (including phenoxy) is 2. The van der Waals surface area contributed by atoms with Crippen molar-refractivity contribution in [3.8, 4) is 11.1 Å². The van der Waals surface area contributed by atoms with Gasteiger partial charge in [0.1, 0.15) is 6.61 Å². The number of amides is 1. The Labute approximate surface area is 162 Å². The summed E-state index contributed by atoms with van der Waals surface area (Å²) < 4.78 is 11.2. The summed E-state index contributed by atoms with van der Waals surface area (Å²) in [5, 5.41) is 9.08. The van der Waals surface area contributed by atoms with E-state index in [4.69, 9.17) is 14.6 Å². The van der Waals surface area contributed by atoms with Crippen LogP contribution in [0.4, 0.5) is 4.79 Å². The van der Waals surface area contributed by atoms with Gasteiger partial charge in [-0.2, -0.15) is 0 Å². The van der Waals surface area contributed by atoms with Crippen LogP contribution < -0.4 is 0 Å². The van der Waals surface area contributed by atoms with Gasteiger partial charge in [-0.15, -0.1) is 0 Å². The number of carbonyl (C=O) groups excluding carboxylic acids is 1. The van der Waals surface area contributed by atoms with Crippen LogP contribution in [0.25, 0.3) is 11.1 Å². The molecule has 0 aromatic heterocycles. The molecule has 1 aliphatic carbocycles. The zero-order valence-electron chi connectivity index (χ0n) is 15.3. The first-order valence-corrected chi connectivity index (χ1v) is 9.60. The fraction of sp³-hybridized carbons (Fsp3) is 0.364. The number of benzene rings is 2. The number of carboxylic acids is 1. The molecule has 6 nitrogen and oxygen atoms in total. The van der Waals surface area contributed by atoms with Crippen molar-refractivity contribution in [2.75, 3.05) is 19.7 Å². The summed E-state index contributed by atoms with van der Waals surface area (Å²) in [7, 11) is 0. The Kier molecular flexibility index (Phi) is 4.09. The van der Waals surface area contributed by atoms with Crippen molar-refractivity contribution in [2.24, 2.45) is 5.92 Å². The van der Waals surface area contributed by atoms with Crippen LogP contribution in [0, 0.1) is 5.92 Å². The van der Waals surface area contributed by atoms with E-state index in [0.29, 0.717) is 19.5 Å². The van der Waals surface area contributed by atoms with Gasteiger partial charge in [-0.1, -0.05) is 48.5 Å². The van der Waals surface area contributed by atoms with Crippen LogP contribution in [0.2, 0.25) is 0 Å². The molecule has 2 aromatic carbocycles. The lowest BCUT2D eigenvalue weighted by Crippen LogP contribution is -2.33. The summed E-state index contributed by atoms with van der Waals surface area (Å²) in [6.45, 7) is 1.17. The summed E-state index contributed by atoms with van der Waals surface area (Å²) in [5.41, 5.74) is 4.76. The number of likely N-dealkylation sites (tertiary alicyclic amines) is 1. The van der Waals surface area contributed by atoms with Gasteiger partial charge in [-0.25, -0.2) is 9.59 Å². The third-order valence-electron chi connectivity index (χ3n) is 6.11. The molecule has 0 radical (unpaired) electrons. The van der Waals surface area contributed by atoms with Crippen molar-refractivity contribution in [1.29, 1.82) is 0 Å². The molecular formula is C22H21NO5. The summed E-state index contributed by atoms with van der Waals surface area (Å²) in [6, 6.07) is 16.5. The maximum absolute atomic E-state index is 12.6. The van der Waals surface area contributed by atoms with E-state index in [-0.39, 0.29) is 30.6 Å². The smallest absolute Gasteiger partial charge is 0.409 e. The molecule has 1 amide bonds. The van der Waals surface area contributed by atoms with Gasteiger partial charge in [0.25, 0.3) is 0 Å². The normalized spacial score (nSPS) is 25.3. The third-order valence-corrected chi connectivity index (χ3v) is 6.11. The van der Waals surface area contributed by atoms with Gasteiger partial charge in [0, 0.05) is 18.4 Å². The van der Waals surface area contributed by atoms with Crippen molar-refractivity contribution in [1.82, 2.24) is 4.90 Å². The van der Waals surface area contributed by atoms with Crippen LogP contribution in [0.5, 0.6) is 0 Å². The zero-order valence-corrected chi connectivity index (χ0v) is 15.3. The lowest BCUT2D eigenvalue weighted by atomic mass is 9.98. The molecule has 2 saturated heterocycles. The van der Waals surface area contributed by atoms with Gasteiger partial charge in [0.15, 0.2) is 6.10 Å². The second-order valence-electron chi connectivity index (χ2n) is 7.71. The van der Waals surface area contributed by atoms with Crippen molar-refractivity contribution < 1.29 is 24.2 Å². The predicted molar refractivity (Wildman–Crippen MR) is 101 cm³/mol. The maximum atomic E-state index is 12.6. The van der Waals surface area contributed by atoms with Crippen LogP contribution in [0.3, 0.4) is 0 Å². The van der Waals surface area contributed by atoms with E-state index in [1.165, 1.54) is 22.3 Å². The zero-order chi connectivity index (χ0) is 19.3. The maximum Gasteiger partial charge on any atom is 0.409 e. The lowest BCUT2D eigenvalue weighted by molar-refractivity contribution is -0.149. The molecule has 2 heterocycles. The third kappa shape index (κ3) is 2.76. The number of hydrogen-bond donors (Lipinski definition) is 1. The molecule has 0 saturated carbocycles. The van der Waals surface area contributed by atoms with Crippen LogP contribution in [0.15, 0.2) is 48.5 Å². The van der Waals surface area contributed by atoms with Gasteiger partial charge in [0.05, 0.1) is 12.6 Å². The van der Waals surface area contributed by atoms with E-state index in [9.17, 15) is 9.59 Å². The standard InChI is InChI=1S/C22H21NO5/c24-21(25)19-9-13-10-23(11-20(13)28-19)22(26)27-12-18-16-7-3-1-5-14(16)15-6-2-4-8-17(15)18/h1-8,13,18-20H,9-12H2,(H,24,25). The Hall–Kier alpha value is -2.86. The molecule has 2 fully saturated rings. The highest BCUT2D eigenvalue weighted by Gasteiger charge is 2.46. The molecule has 2 aromatic rings. The second kappa shape index (κ2) is 6.63. The fourth-order valence-corrected chi connectivity index (χ4v) is 4.76. The Morgan fingerprint density at radius 3 is 2.29 bits per heavy atom. The van der Waals surface area contributed by atoms with Gasteiger partial charge >= 0.3 is 12.1 Å². The molecule has 28 heavy (non-hydrogen) atoms. The molecule has 3 atom stereocenters. The Morgan fingerprint density at radius 2 is 1.68 bits per heavy atom. The monoisotopic (exact) mass is 379 g/mol. The number of aliphatic carboxylic acids is 1. The van der Waals surface area contributed by atoms with Gasteiger partial charge in [-0.3, -0.25) is 0 Å². The minimum absolute atomic E-state index is 0.0334. The van der Waals surface area contributed by atoms with E-state index < -0.39 is 12.1 Å². The summed E-state index contributed by atoms with van der Waals surface area (Å²) in [6.07, 6.45) is -0.861. The summed E-state index contributed by atoms with van der Waals surface area (Å²) in [5.74, 6) is -0.824. The van der Waals surface area contributed by atoms with E-state index >= 15 is 0 Å². The first-order valence-electron chi connectivity index (χ1n) is 9.60. The van der Waals surface area contributed by atoms with E-state index in [0.717, 1.165) is 0 Å². The fourth-order valence-electron chi connectivity index (χ4n) is 4.76. The molecule has 2 aliphatic heterocycles. The molecule has 5 rings (SSSR count). The van der Waals surface area contributed by atoms with Crippen LogP contribution in [-0.4, -0.2) is 54.0 Å². The number of carbonyl (C=O) groups is 2. The first kappa shape index (κ1) is 17.3. The Bertz CT molecular complexity index is 883. The van der Waals surface area contributed by atoms with Gasteiger partial charge in [0.2, 0.25) is 0 Å². The quantitative estimate of drug-likeness (QED) is 0.887. The predicted octanol–water partition coefficient (Wildman–Crippen LogP) is 3.11. The minimum atomic E-state index is -0.929. The number of carboxylic acid groups (broad SMARTS) is 1. The number of fused-ring (bicyclic) bond motifs is 4. The molecular weight excluding hydrogens is 358 g/mol. The van der Waals surface area contributed by atoms with E-state index in [1.807, 2.05) is 24.3 Å². The highest BCUT2D eigenvalue weighted by molar-refractivity contribution is 5.79. The number of rotatable bonds is 3. The first-order chi connectivity index (χ1) is 13.6. The highest BCUT2D eigenvalue weighted by atomic mass is 16.6. The summed E-state index contributed by atoms with van der Waals surface area (Å²) in [4.78, 5) is 25.3. The van der Waals surface area contributed by atoms with Crippen molar-refractivity contribution >= 4 is 12.1 Å². The molecule has 3 aliphatic rings. The molecule has 0 bridgehead atoms. The van der Waals surface area contributed by atoms with E-state index in [2.05, 4.69) is 24.3 Å². The van der Waals surface area contributed by atoms with Crippen molar-refractivity contribution in [2.45, 2.75) is 24.5 Å². The SMILES string of the molecule is O=C(O)C1CC2CN(C(=O)OCC3c4ccccc4-c4ccccc43)CC2O1. The van der Waals surface area contributed by atoms with Crippen LogP contribution in [-0.2, 0) is 14.3 Å². The summed E-state index contributed by atoms with van der Waals surface area (Å²) >= 11 is 0. The highest BCUT2D eigenvalue weighted by Crippen LogP contribution is 2.44. The Morgan fingerprint density at radius 1 is 1.04 bits per heavy atom. The van der Waals surface area contributed by atoms with Gasteiger partial charge < -0.3 is 19.5 Å². The largest absolute Gasteiger partial charge is 0.479 e. The average Bonchev–Trinajstić information content (AvgIpc) is 3.36. The molecule has 6 heteroatoms. The topological polar surface area (TPSA) is 76.1 Å². The molecule has 1 N–H and O–H groups in total. The molecule has 144 valence electrons. The lowest BCUT2D eigenvalue weighted by Gasteiger charge is -2.20. The second-order valence-corrected chi connectivity index (χ2v) is 7.71. The van der Waals surface area contributed by atoms with Crippen LogP contribution in [0.1, 0.15) is 23.5 Å². The molecule has 3 unspecified atom stereocenters. The van der Waals surface area contributed by atoms with Crippen molar-refractivity contribution in [3.05, 3.63) is 59.7 Å². The Balaban J connectivity index is 1.25. The van der Waals surface area contributed by atoms with E-state index in [1.54, 1.807) is 4.90 Å². The average molecular weight is 379 g/mol. The number of nitrogens with zero attached hydrogens (tertiary/aromatic N) is 1. The van der Waals surface area contributed by atoms with Gasteiger partial charge in [-0.05, 0) is 28.7 Å². The number of hydrogen-bond acceptors (Lipinski definition) is 4. The van der Waals surface area contributed by atoms with Crippen molar-refractivity contribution in [3.63, 3.8) is 0 Å². The minimum Gasteiger partial charge on any atom is -0.479 e.